The summed E-state index contributed by atoms with van der Waals surface area (Å²) in [6, 6.07) is 20.3. The highest BCUT2D eigenvalue weighted by molar-refractivity contribution is 7.92. The lowest BCUT2D eigenvalue weighted by molar-refractivity contribution is 0.102. The molecule has 0 bridgehead atoms. The van der Waals surface area contributed by atoms with Crippen molar-refractivity contribution in [1.82, 2.24) is 9.55 Å². The zero-order chi connectivity index (χ0) is 22.2. The number of amides is 1. The number of carbonyl (C=O) groups is 1. The Morgan fingerprint density at radius 1 is 1.00 bits per heavy atom. The van der Waals surface area contributed by atoms with E-state index in [4.69, 9.17) is 0 Å². The molecule has 1 amide bonds. The molecule has 4 rings (SSSR count). The zero-order valence-electron chi connectivity index (χ0n) is 17.4. The van der Waals surface area contributed by atoms with Gasteiger partial charge in [0.15, 0.2) is 0 Å². The van der Waals surface area contributed by atoms with E-state index in [2.05, 4.69) is 15.0 Å². The van der Waals surface area contributed by atoms with Crippen LogP contribution in [0.1, 0.15) is 15.9 Å². The summed E-state index contributed by atoms with van der Waals surface area (Å²) in [5, 5.41) is 2.84. The maximum Gasteiger partial charge on any atom is 0.255 e. The van der Waals surface area contributed by atoms with Gasteiger partial charge in [0, 0.05) is 23.9 Å². The number of hydrogen-bond acceptors (Lipinski definition) is 4. The maximum atomic E-state index is 12.7. The van der Waals surface area contributed by atoms with Crippen molar-refractivity contribution < 1.29 is 13.2 Å². The molecule has 7 nitrogen and oxygen atoms in total. The first-order chi connectivity index (χ1) is 14.7. The molecular weight excluding hydrogens is 412 g/mol. The predicted molar refractivity (Wildman–Crippen MR) is 124 cm³/mol. The van der Waals surface area contributed by atoms with Gasteiger partial charge in [-0.2, -0.15) is 0 Å². The molecule has 0 unspecified atom stereocenters. The number of aromatic nitrogens is 2. The summed E-state index contributed by atoms with van der Waals surface area (Å²) in [6.07, 6.45) is 1.07. The molecule has 0 radical (unpaired) electrons. The fraction of sp³-hybridized carbons (Fsp3) is 0.130. The van der Waals surface area contributed by atoms with Gasteiger partial charge in [-0.05, 0) is 61.0 Å². The van der Waals surface area contributed by atoms with Gasteiger partial charge >= 0.3 is 0 Å². The summed E-state index contributed by atoms with van der Waals surface area (Å²) < 4.78 is 27.5. The van der Waals surface area contributed by atoms with Gasteiger partial charge in [-0.1, -0.05) is 18.2 Å². The molecule has 0 saturated heterocycles. The maximum absolute atomic E-state index is 12.7. The average molecular weight is 435 g/mol. The van der Waals surface area contributed by atoms with Crippen molar-refractivity contribution in [1.29, 1.82) is 0 Å². The van der Waals surface area contributed by atoms with E-state index in [1.807, 2.05) is 60.1 Å². The van der Waals surface area contributed by atoms with Gasteiger partial charge in [-0.3, -0.25) is 9.52 Å². The van der Waals surface area contributed by atoms with Crippen LogP contribution in [-0.2, 0) is 17.1 Å². The Kier molecular flexibility index (Phi) is 5.24. The molecule has 3 aromatic carbocycles. The molecule has 8 heteroatoms. The van der Waals surface area contributed by atoms with Crippen LogP contribution in [0.3, 0.4) is 0 Å². The average Bonchev–Trinajstić information content (AvgIpc) is 3.06. The van der Waals surface area contributed by atoms with Crippen molar-refractivity contribution in [2.75, 3.05) is 16.3 Å². The van der Waals surface area contributed by atoms with Gasteiger partial charge in [0.25, 0.3) is 5.91 Å². The minimum Gasteiger partial charge on any atom is -0.327 e. The van der Waals surface area contributed by atoms with Crippen LogP contribution in [0.25, 0.3) is 22.4 Å². The van der Waals surface area contributed by atoms with Crippen LogP contribution >= 0.6 is 0 Å². The molecule has 4 aromatic rings. The van der Waals surface area contributed by atoms with Crippen LogP contribution in [0.5, 0.6) is 0 Å². The lowest BCUT2D eigenvalue weighted by atomic mass is 10.1. The van der Waals surface area contributed by atoms with Crippen LogP contribution < -0.4 is 10.0 Å². The van der Waals surface area contributed by atoms with Crippen molar-refractivity contribution in [3.8, 4) is 11.4 Å². The topological polar surface area (TPSA) is 93.1 Å². The lowest BCUT2D eigenvalue weighted by Crippen LogP contribution is -2.14. The first kappa shape index (κ1) is 20.6. The zero-order valence-corrected chi connectivity index (χ0v) is 18.2. The highest BCUT2D eigenvalue weighted by atomic mass is 32.2. The number of aryl methyl sites for hydroxylation is 2. The molecule has 0 aliphatic rings. The summed E-state index contributed by atoms with van der Waals surface area (Å²) in [7, 11) is -1.46. The minimum absolute atomic E-state index is 0.327. The summed E-state index contributed by atoms with van der Waals surface area (Å²) in [6.45, 7) is 1.77. The van der Waals surface area contributed by atoms with Gasteiger partial charge in [-0.25, -0.2) is 13.4 Å². The Balaban J connectivity index is 1.54. The predicted octanol–water partition coefficient (Wildman–Crippen LogP) is 4.17. The van der Waals surface area contributed by atoms with Crippen LogP contribution in [0, 0.1) is 6.92 Å². The number of anilines is 2. The first-order valence-electron chi connectivity index (χ1n) is 9.63. The number of carbonyl (C=O) groups excluding carboxylic acids is 1. The number of hydrogen-bond donors (Lipinski definition) is 2. The van der Waals surface area contributed by atoms with E-state index < -0.39 is 10.0 Å². The largest absolute Gasteiger partial charge is 0.327 e. The number of rotatable bonds is 5. The summed E-state index contributed by atoms with van der Waals surface area (Å²) >= 11 is 0. The third-order valence-electron chi connectivity index (χ3n) is 4.98. The molecule has 0 aliphatic heterocycles. The van der Waals surface area contributed by atoms with Gasteiger partial charge < -0.3 is 9.88 Å². The molecular formula is C23H22N4O3S. The third kappa shape index (κ3) is 4.44. The molecule has 0 saturated carbocycles. The Morgan fingerprint density at radius 3 is 2.39 bits per heavy atom. The fourth-order valence-electron chi connectivity index (χ4n) is 3.38. The van der Waals surface area contributed by atoms with Crippen molar-refractivity contribution in [3.63, 3.8) is 0 Å². The molecule has 0 aliphatic carbocycles. The van der Waals surface area contributed by atoms with Crippen LogP contribution in [0.2, 0.25) is 0 Å². The molecule has 158 valence electrons. The molecule has 0 fully saturated rings. The SMILES string of the molecule is Cc1ccc(C(=O)Nc2ccc(-c3nc4ccccc4n3C)cc2)cc1NS(C)(=O)=O. The second-order valence-corrected chi connectivity index (χ2v) is 9.17. The normalized spacial score (nSPS) is 11.5. The smallest absolute Gasteiger partial charge is 0.255 e. The van der Waals surface area contributed by atoms with E-state index in [1.54, 1.807) is 19.1 Å². The molecule has 0 spiro atoms. The van der Waals surface area contributed by atoms with E-state index in [9.17, 15) is 13.2 Å². The van der Waals surface area contributed by atoms with Crippen LogP contribution in [0.4, 0.5) is 11.4 Å². The number of nitrogens with zero attached hydrogens (tertiary/aromatic N) is 2. The van der Waals surface area contributed by atoms with Gasteiger partial charge in [-0.15, -0.1) is 0 Å². The number of para-hydroxylation sites is 2. The quantitative estimate of drug-likeness (QED) is 0.493. The molecule has 1 aromatic heterocycles. The summed E-state index contributed by atoms with van der Waals surface area (Å²) in [5.74, 6) is 0.515. The molecule has 31 heavy (non-hydrogen) atoms. The fourth-order valence-corrected chi connectivity index (χ4v) is 4.00. The Labute approximate surface area is 180 Å². The van der Waals surface area contributed by atoms with E-state index in [-0.39, 0.29) is 5.91 Å². The second-order valence-electron chi connectivity index (χ2n) is 7.42. The number of fused-ring (bicyclic) bond motifs is 1. The molecule has 2 N–H and O–H groups in total. The number of nitrogens with one attached hydrogen (secondary N) is 2. The molecule has 1 heterocycles. The van der Waals surface area contributed by atoms with Crippen molar-refractivity contribution >= 4 is 38.3 Å². The van der Waals surface area contributed by atoms with Gasteiger partial charge in [0.2, 0.25) is 10.0 Å². The monoisotopic (exact) mass is 434 g/mol. The van der Waals surface area contributed by atoms with Crippen molar-refractivity contribution in [3.05, 3.63) is 77.9 Å². The van der Waals surface area contributed by atoms with E-state index in [0.29, 0.717) is 16.9 Å². The Morgan fingerprint density at radius 2 is 1.71 bits per heavy atom. The lowest BCUT2D eigenvalue weighted by Gasteiger charge is -2.11. The Hall–Kier alpha value is -3.65. The number of imidazole rings is 1. The van der Waals surface area contributed by atoms with Crippen LogP contribution in [0.15, 0.2) is 66.7 Å². The summed E-state index contributed by atoms with van der Waals surface area (Å²) in [5.41, 5.74) is 5.01. The van der Waals surface area contributed by atoms with E-state index in [0.717, 1.165) is 34.2 Å². The number of sulfonamides is 1. The standard InChI is InChI=1S/C23H22N4O3S/c1-15-8-9-17(14-20(15)26-31(3,29)30)23(28)24-18-12-10-16(11-13-18)22-25-19-6-4-5-7-21(19)27(22)2/h4-14,26H,1-3H3,(H,24,28). The van der Waals surface area contributed by atoms with Gasteiger partial charge in [0.05, 0.1) is 23.0 Å². The van der Waals surface area contributed by atoms with Gasteiger partial charge in [0.1, 0.15) is 5.82 Å². The number of benzene rings is 3. The van der Waals surface area contributed by atoms with E-state index in [1.165, 1.54) is 6.07 Å². The highest BCUT2D eigenvalue weighted by Gasteiger charge is 2.12. The second kappa shape index (κ2) is 7.88. The highest BCUT2D eigenvalue weighted by Crippen LogP contribution is 2.25. The summed E-state index contributed by atoms with van der Waals surface area (Å²) in [4.78, 5) is 17.4. The van der Waals surface area contributed by atoms with Crippen molar-refractivity contribution in [2.45, 2.75) is 6.92 Å². The third-order valence-corrected chi connectivity index (χ3v) is 5.57. The molecule has 0 atom stereocenters. The minimum atomic E-state index is -3.44. The Bertz CT molecular complexity index is 1390. The van der Waals surface area contributed by atoms with E-state index >= 15 is 0 Å². The first-order valence-corrected chi connectivity index (χ1v) is 11.5. The van der Waals surface area contributed by atoms with Crippen molar-refractivity contribution in [2.24, 2.45) is 7.05 Å². The van der Waals surface area contributed by atoms with Crippen LogP contribution in [-0.4, -0.2) is 30.1 Å².